The van der Waals surface area contributed by atoms with Crippen LogP contribution in [0.1, 0.15) is 44.2 Å². The summed E-state index contributed by atoms with van der Waals surface area (Å²) in [6.45, 7) is 11.5. The first-order valence-corrected chi connectivity index (χ1v) is 5.71. The van der Waals surface area contributed by atoms with Crippen molar-refractivity contribution in [3.8, 4) is 0 Å². The van der Waals surface area contributed by atoms with Gasteiger partial charge < -0.3 is 9.84 Å². The molecule has 1 rings (SSSR count). The molecule has 0 saturated carbocycles. The van der Waals surface area contributed by atoms with E-state index >= 15 is 0 Å². The molecule has 0 aromatic carbocycles. The van der Waals surface area contributed by atoms with Gasteiger partial charge in [-0.15, -0.1) is 0 Å². The summed E-state index contributed by atoms with van der Waals surface area (Å²) in [7, 11) is 0. The molecule has 15 heavy (non-hydrogen) atoms. The third-order valence-electron chi connectivity index (χ3n) is 2.97. The molecule has 0 radical (unpaired) electrons. The summed E-state index contributed by atoms with van der Waals surface area (Å²) in [5.41, 5.74) is 2.20. The van der Waals surface area contributed by atoms with Crippen molar-refractivity contribution in [2.75, 3.05) is 0 Å². The first-order chi connectivity index (χ1) is 7.06. The van der Waals surface area contributed by atoms with E-state index in [1.165, 1.54) is 5.56 Å². The summed E-state index contributed by atoms with van der Waals surface area (Å²) >= 11 is 0. The molecule has 0 fully saturated rings. The van der Waals surface area contributed by atoms with Crippen molar-refractivity contribution in [1.82, 2.24) is 10.5 Å². The van der Waals surface area contributed by atoms with Crippen LogP contribution in [0.4, 0.5) is 0 Å². The first-order valence-electron chi connectivity index (χ1n) is 5.71. The molecule has 3 nitrogen and oxygen atoms in total. The molecule has 0 bridgehead atoms. The Hall–Kier alpha value is -0.830. The van der Waals surface area contributed by atoms with Crippen LogP contribution >= 0.6 is 0 Å². The lowest BCUT2D eigenvalue weighted by molar-refractivity contribution is 0.379. The zero-order valence-corrected chi connectivity index (χ0v) is 10.4. The fraction of sp³-hybridized carbons (Fsp3) is 0.750. The molecule has 86 valence electrons. The molecule has 1 N–H and O–H groups in total. The highest BCUT2D eigenvalue weighted by Crippen LogP contribution is 2.13. The van der Waals surface area contributed by atoms with Gasteiger partial charge in [-0.1, -0.05) is 25.9 Å². The molecule has 1 heterocycles. The molecule has 1 aromatic rings. The highest BCUT2D eigenvalue weighted by Gasteiger charge is 2.13. The van der Waals surface area contributed by atoms with E-state index in [1.54, 1.807) is 0 Å². The van der Waals surface area contributed by atoms with Crippen LogP contribution in [0.5, 0.6) is 0 Å². The van der Waals surface area contributed by atoms with Crippen LogP contribution in [-0.2, 0) is 6.54 Å². The maximum Gasteiger partial charge on any atom is 0.138 e. The summed E-state index contributed by atoms with van der Waals surface area (Å²) < 4.78 is 5.13. The number of hydrogen-bond donors (Lipinski definition) is 1. The third kappa shape index (κ3) is 3.06. The van der Waals surface area contributed by atoms with Crippen LogP contribution in [0.3, 0.4) is 0 Å². The fourth-order valence-electron chi connectivity index (χ4n) is 1.84. The SMILES string of the molecule is CCC(NCc1c(C)noc1C)C(C)C. The highest BCUT2D eigenvalue weighted by atomic mass is 16.5. The average Bonchev–Trinajstić information content (AvgIpc) is 2.49. The monoisotopic (exact) mass is 210 g/mol. The van der Waals surface area contributed by atoms with Crippen molar-refractivity contribution in [2.24, 2.45) is 5.92 Å². The average molecular weight is 210 g/mol. The Morgan fingerprint density at radius 2 is 2.00 bits per heavy atom. The Morgan fingerprint density at radius 3 is 2.40 bits per heavy atom. The van der Waals surface area contributed by atoms with Crippen LogP contribution < -0.4 is 5.32 Å². The second kappa shape index (κ2) is 5.31. The van der Waals surface area contributed by atoms with Crippen molar-refractivity contribution in [1.29, 1.82) is 0 Å². The Kier molecular flexibility index (Phi) is 4.33. The lowest BCUT2D eigenvalue weighted by atomic mass is 10.0. The molecule has 0 aliphatic rings. The van der Waals surface area contributed by atoms with Gasteiger partial charge in [-0.05, 0) is 26.2 Å². The Morgan fingerprint density at radius 1 is 1.33 bits per heavy atom. The van der Waals surface area contributed by atoms with Crippen molar-refractivity contribution in [2.45, 2.75) is 53.6 Å². The van der Waals surface area contributed by atoms with Gasteiger partial charge in [0.05, 0.1) is 5.69 Å². The number of hydrogen-bond acceptors (Lipinski definition) is 3. The minimum atomic E-state index is 0.568. The van der Waals surface area contributed by atoms with E-state index < -0.39 is 0 Å². The van der Waals surface area contributed by atoms with Gasteiger partial charge in [0, 0.05) is 18.2 Å². The normalized spacial score (nSPS) is 13.5. The Balaban J connectivity index is 2.56. The van der Waals surface area contributed by atoms with Gasteiger partial charge in [-0.3, -0.25) is 0 Å². The second-order valence-corrected chi connectivity index (χ2v) is 4.44. The van der Waals surface area contributed by atoms with Crippen LogP contribution in [-0.4, -0.2) is 11.2 Å². The standard InChI is InChI=1S/C12H22N2O/c1-6-12(8(2)3)13-7-11-9(4)14-15-10(11)5/h8,12-13H,6-7H2,1-5H3. The number of nitrogens with one attached hydrogen (secondary N) is 1. The third-order valence-corrected chi connectivity index (χ3v) is 2.97. The zero-order chi connectivity index (χ0) is 11.4. The van der Waals surface area contributed by atoms with Crippen LogP contribution in [0.2, 0.25) is 0 Å². The van der Waals surface area contributed by atoms with Crippen molar-refractivity contribution in [3.63, 3.8) is 0 Å². The zero-order valence-electron chi connectivity index (χ0n) is 10.4. The molecule has 1 unspecified atom stereocenters. The quantitative estimate of drug-likeness (QED) is 0.812. The van der Waals surface area contributed by atoms with Crippen LogP contribution in [0.15, 0.2) is 4.52 Å². The summed E-state index contributed by atoms with van der Waals surface area (Å²) in [6.07, 6.45) is 1.15. The summed E-state index contributed by atoms with van der Waals surface area (Å²) in [6, 6.07) is 0.568. The minimum absolute atomic E-state index is 0.568. The molecular formula is C12H22N2O. The lowest BCUT2D eigenvalue weighted by Crippen LogP contribution is -2.32. The van der Waals surface area contributed by atoms with E-state index in [0.717, 1.165) is 24.4 Å². The van der Waals surface area contributed by atoms with Gasteiger partial charge in [0.2, 0.25) is 0 Å². The van der Waals surface area contributed by atoms with Crippen LogP contribution in [0, 0.1) is 19.8 Å². The van der Waals surface area contributed by atoms with Gasteiger partial charge in [0.25, 0.3) is 0 Å². The predicted molar refractivity (Wildman–Crippen MR) is 61.7 cm³/mol. The van der Waals surface area contributed by atoms with E-state index in [9.17, 15) is 0 Å². The molecule has 0 aliphatic carbocycles. The van der Waals surface area contributed by atoms with Crippen LogP contribution in [0.25, 0.3) is 0 Å². The molecule has 1 atom stereocenters. The fourth-order valence-corrected chi connectivity index (χ4v) is 1.84. The largest absolute Gasteiger partial charge is 0.361 e. The highest BCUT2D eigenvalue weighted by molar-refractivity contribution is 5.20. The van der Waals surface area contributed by atoms with Gasteiger partial charge >= 0.3 is 0 Å². The lowest BCUT2D eigenvalue weighted by Gasteiger charge is -2.20. The van der Waals surface area contributed by atoms with E-state index in [0.29, 0.717) is 12.0 Å². The smallest absolute Gasteiger partial charge is 0.138 e. The number of rotatable bonds is 5. The molecular weight excluding hydrogens is 188 g/mol. The maximum absolute atomic E-state index is 5.13. The molecule has 0 aliphatic heterocycles. The Bertz CT molecular complexity index is 285. The molecule has 0 amide bonds. The van der Waals surface area contributed by atoms with E-state index in [2.05, 4.69) is 31.2 Å². The van der Waals surface area contributed by atoms with Gasteiger partial charge in [0.1, 0.15) is 5.76 Å². The summed E-state index contributed by atoms with van der Waals surface area (Å²) in [5.74, 6) is 1.59. The molecule has 1 aromatic heterocycles. The number of aromatic nitrogens is 1. The molecule has 0 spiro atoms. The number of nitrogens with zero attached hydrogens (tertiary/aromatic N) is 1. The number of aryl methyl sites for hydroxylation is 2. The predicted octanol–water partition coefficient (Wildman–Crippen LogP) is 2.82. The van der Waals surface area contributed by atoms with E-state index in [1.807, 2.05) is 13.8 Å². The van der Waals surface area contributed by atoms with Gasteiger partial charge in [-0.25, -0.2) is 0 Å². The topological polar surface area (TPSA) is 38.1 Å². The minimum Gasteiger partial charge on any atom is -0.361 e. The van der Waals surface area contributed by atoms with Gasteiger partial charge in [-0.2, -0.15) is 0 Å². The van der Waals surface area contributed by atoms with E-state index in [-0.39, 0.29) is 0 Å². The van der Waals surface area contributed by atoms with Crippen molar-refractivity contribution >= 4 is 0 Å². The van der Waals surface area contributed by atoms with Crippen molar-refractivity contribution in [3.05, 3.63) is 17.0 Å². The maximum atomic E-state index is 5.13. The molecule has 3 heteroatoms. The summed E-state index contributed by atoms with van der Waals surface area (Å²) in [5, 5.41) is 7.50. The molecule has 0 saturated heterocycles. The summed E-state index contributed by atoms with van der Waals surface area (Å²) in [4.78, 5) is 0. The Labute approximate surface area is 92.2 Å². The van der Waals surface area contributed by atoms with Gasteiger partial charge in [0.15, 0.2) is 0 Å². The first kappa shape index (κ1) is 12.2. The second-order valence-electron chi connectivity index (χ2n) is 4.44. The van der Waals surface area contributed by atoms with E-state index in [4.69, 9.17) is 4.52 Å². The van der Waals surface area contributed by atoms with Crippen molar-refractivity contribution < 1.29 is 4.52 Å².